The van der Waals surface area contributed by atoms with Crippen molar-refractivity contribution in [3.05, 3.63) is 35.4 Å². The second-order valence-electron chi connectivity index (χ2n) is 4.47. The number of alkyl halides is 3. The number of methoxy groups -OCH3 is 1. The van der Waals surface area contributed by atoms with Crippen LogP contribution in [0.1, 0.15) is 51.2 Å². The van der Waals surface area contributed by atoms with Gasteiger partial charge in [0.1, 0.15) is 6.04 Å². The monoisotopic (exact) mass is 333 g/mol. The first-order valence-corrected chi connectivity index (χ1v) is 7.92. The number of benzene rings is 1. The van der Waals surface area contributed by atoms with Gasteiger partial charge in [0, 0.05) is 5.92 Å². The Kier molecular flexibility index (Phi) is 9.56. The van der Waals surface area contributed by atoms with Crippen LogP contribution in [0, 0.1) is 0 Å². The van der Waals surface area contributed by atoms with Crippen LogP contribution in [0.3, 0.4) is 0 Å². The van der Waals surface area contributed by atoms with Crippen LogP contribution in [0.5, 0.6) is 0 Å². The summed E-state index contributed by atoms with van der Waals surface area (Å²) in [6.45, 7) is 8.64. The van der Waals surface area contributed by atoms with E-state index in [1.54, 1.807) is 0 Å². The molecule has 1 aliphatic heterocycles. The molecular formula is C17H26F3NO2. The average Bonchev–Trinajstić information content (AvgIpc) is 3.07. The highest BCUT2D eigenvalue weighted by Gasteiger charge is 2.35. The Hall–Kier alpha value is -1.56. The number of esters is 1. The lowest BCUT2D eigenvalue weighted by Crippen LogP contribution is -2.35. The van der Waals surface area contributed by atoms with Crippen molar-refractivity contribution < 1.29 is 22.7 Å². The van der Waals surface area contributed by atoms with Crippen LogP contribution < -0.4 is 5.32 Å². The van der Waals surface area contributed by atoms with Crippen LogP contribution >= 0.6 is 0 Å². The van der Waals surface area contributed by atoms with Gasteiger partial charge in [0.2, 0.25) is 0 Å². The summed E-state index contributed by atoms with van der Waals surface area (Å²) in [4.78, 5) is 11.6. The second kappa shape index (κ2) is 10.3. The minimum atomic E-state index is -4.34. The van der Waals surface area contributed by atoms with Gasteiger partial charge in [-0.05, 0) is 30.7 Å². The molecule has 1 saturated heterocycles. The maximum atomic E-state index is 12.5. The molecule has 6 heteroatoms. The highest BCUT2D eigenvalue weighted by Crippen LogP contribution is 2.33. The molecule has 0 aromatic heterocycles. The quantitative estimate of drug-likeness (QED) is 0.817. The summed E-state index contributed by atoms with van der Waals surface area (Å²) in [5.41, 5.74) is 0.0326. The Morgan fingerprint density at radius 1 is 1.13 bits per heavy atom. The summed E-state index contributed by atoms with van der Waals surface area (Å²) in [6, 6.07) is 4.46. The molecule has 0 spiro atoms. The smallest absolute Gasteiger partial charge is 0.416 e. The van der Waals surface area contributed by atoms with E-state index in [1.807, 2.05) is 27.7 Å². The third kappa shape index (κ3) is 5.86. The molecule has 2 unspecified atom stereocenters. The summed E-state index contributed by atoms with van der Waals surface area (Å²) in [7, 11) is 1.30. The van der Waals surface area contributed by atoms with Gasteiger partial charge in [-0.3, -0.25) is 4.79 Å². The lowest BCUT2D eigenvalue weighted by molar-refractivity contribution is -0.143. The van der Waals surface area contributed by atoms with Crippen LogP contribution in [0.25, 0.3) is 0 Å². The number of ether oxygens (including phenoxy) is 1. The molecule has 1 aromatic rings. The molecule has 1 fully saturated rings. The van der Waals surface area contributed by atoms with E-state index in [0.717, 1.165) is 12.1 Å². The summed E-state index contributed by atoms with van der Waals surface area (Å²) in [5, 5.41) is 3.00. The van der Waals surface area contributed by atoms with Crippen molar-refractivity contribution in [2.75, 3.05) is 13.7 Å². The number of halogens is 3. The first kappa shape index (κ1) is 21.4. The lowest BCUT2D eigenvalue weighted by Gasteiger charge is -2.18. The first-order chi connectivity index (χ1) is 10.9. The summed E-state index contributed by atoms with van der Waals surface area (Å²) < 4.78 is 42.1. The van der Waals surface area contributed by atoms with Crippen molar-refractivity contribution in [1.29, 1.82) is 0 Å². The number of nitrogens with one attached hydrogen (secondary N) is 1. The van der Waals surface area contributed by atoms with Gasteiger partial charge in [-0.1, -0.05) is 39.8 Å². The maximum Gasteiger partial charge on any atom is 0.416 e. The molecule has 0 aliphatic carbocycles. The zero-order valence-corrected chi connectivity index (χ0v) is 14.3. The molecule has 1 aromatic carbocycles. The van der Waals surface area contributed by atoms with E-state index in [-0.39, 0.29) is 11.9 Å². The molecule has 0 bridgehead atoms. The molecule has 0 saturated carbocycles. The van der Waals surface area contributed by atoms with Crippen LogP contribution in [0.4, 0.5) is 13.2 Å². The van der Waals surface area contributed by atoms with Gasteiger partial charge < -0.3 is 10.1 Å². The van der Waals surface area contributed by atoms with Crippen molar-refractivity contribution in [1.82, 2.24) is 5.32 Å². The van der Waals surface area contributed by atoms with Crippen molar-refractivity contribution >= 4 is 5.97 Å². The normalized spacial score (nSPS) is 19.8. The fourth-order valence-electron chi connectivity index (χ4n) is 2.36. The number of rotatable bonds is 2. The third-order valence-corrected chi connectivity index (χ3v) is 3.34. The third-order valence-electron chi connectivity index (χ3n) is 3.34. The van der Waals surface area contributed by atoms with E-state index in [0.29, 0.717) is 18.5 Å². The highest BCUT2D eigenvalue weighted by atomic mass is 19.4. The minimum Gasteiger partial charge on any atom is -0.468 e. The van der Waals surface area contributed by atoms with Crippen LogP contribution in [-0.2, 0) is 15.7 Å². The highest BCUT2D eigenvalue weighted by molar-refractivity contribution is 5.77. The topological polar surface area (TPSA) is 38.3 Å². The van der Waals surface area contributed by atoms with E-state index < -0.39 is 17.8 Å². The summed E-state index contributed by atoms with van der Waals surface area (Å²) >= 11 is 0. The van der Waals surface area contributed by atoms with Crippen molar-refractivity contribution in [3.63, 3.8) is 0 Å². The Balaban J connectivity index is 0.00000112. The lowest BCUT2D eigenvalue weighted by atomic mass is 9.91. The van der Waals surface area contributed by atoms with E-state index in [4.69, 9.17) is 0 Å². The van der Waals surface area contributed by atoms with Crippen LogP contribution in [-0.4, -0.2) is 25.7 Å². The van der Waals surface area contributed by atoms with Gasteiger partial charge in [0.15, 0.2) is 0 Å². The summed E-state index contributed by atoms with van der Waals surface area (Å²) in [5.74, 6) is -0.530. The molecule has 0 radical (unpaired) electrons. The maximum absolute atomic E-state index is 12.5. The van der Waals surface area contributed by atoms with Gasteiger partial charge in [0.05, 0.1) is 12.7 Å². The molecule has 3 nitrogen and oxygen atoms in total. The van der Waals surface area contributed by atoms with E-state index in [9.17, 15) is 18.0 Å². The molecule has 0 amide bonds. The fraction of sp³-hybridized carbons (Fsp3) is 0.588. The van der Waals surface area contributed by atoms with E-state index >= 15 is 0 Å². The Morgan fingerprint density at radius 2 is 1.65 bits per heavy atom. The van der Waals surface area contributed by atoms with Gasteiger partial charge in [-0.15, -0.1) is 0 Å². The predicted octanol–water partition coefficient (Wildman–Crippen LogP) is 4.38. The Morgan fingerprint density at radius 3 is 2.09 bits per heavy atom. The minimum absolute atomic E-state index is 0.144. The number of hydrogen-bond donors (Lipinski definition) is 1. The van der Waals surface area contributed by atoms with Gasteiger partial charge in [0.25, 0.3) is 0 Å². The zero-order chi connectivity index (χ0) is 18.0. The largest absolute Gasteiger partial charge is 0.468 e. The van der Waals surface area contributed by atoms with Crippen LogP contribution in [0.15, 0.2) is 24.3 Å². The second-order valence-corrected chi connectivity index (χ2v) is 4.47. The Bertz CT molecular complexity index is 458. The number of carbonyl (C=O) groups excluding carboxylic acids is 1. The van der Waals surface area contributed by atoms with Crippen molar-refractivity contribution in [3.8, 4) is 0 Å². The average molecular weight is 333 g/mol. The van der Waals surface area contributed by atoms with Gasteiger partial charge in [-0.2, -0.15) is 13.2 Å². The molecule has 132 valence electrons. The van der Waals surface area contributed by atoms with E-state index in [1.165, 1.54) is 19.2 Å². The fourth-order valence-corrected chi connectivity index (χ4v) is 2.36. The van der Waals surface area contributed by atoms with Gasteiger partial charge in [-0.25, -0.2) is 0 Å². The van der Waals surface area contributed by atoms with Crippen LogP contribution in [0.2, 0.25) is 0 Å². The summed E-state index contributed by atoms with van der Waals surface area (Å²) in [6.07, 6.45) is -3.64. The molecule has 23 heavy (non-hydrogen) atoms. The molecule has 1 N–H and O–H groups in total. The molecule has 2 rings (SSSR count). The first-order valence-electron chi connectivity index (χ1n) is 7.92. The van der Waals surface area contributed by atoms with E-state index in [2.05, 4.69) is 10.1 Å². The predicted molar refractivity (Wildman–Crippen MR) is 85.3 cm³/mol. The Labute approximate surface area is 136 Å². The molecular weight excluding hydrogens is 307 g/mol. The zero-order valence-electron chi connectivity index (χ0n) is 14.3. The molecule has 2 atom stereocenters. The number of carbonyl (C=O) groups is 1. The standard InChI is InChI=1S/C13H14F3NO2.2C2H6/c1-19-12(18)11-10(6-7-17-11)8-2-4-9(5-3-8)13(14,15)16;2*1-2/h2-5,10-11,17H,6-7H2,1H3;2*1-2H3. The molecule has 1 aliphatic rings. The molecule has 1 heterocycles. The van der Waals surface area contributed by atoms with Crippen molar-refractivity contribution in [2.24, 2.45) is 0 Å². The number of hydrogen-bond acceptors (Lipinski definition) is 3. The van der Waals surface area contributed by atoms with Crippen molar-refractivity contribution in [2.45, 2.75) is 52.3 Å². The van der Waals surface area contributed by atoms with Gasteiger partial charge >= 0.3 is 12.1 Å². The SMILES string of the molecule is CC.CC.COC(=O)C1NCCC1c1ccc(C(F)(F)F)cc1.